The minimum Gasteiger partial charge on any atom is -0.497 e. The highest BCUT2D eigenvalue weighted by molar-refractivity contribution is 6.14. The summed E-state index contributed by atoms with van der Waals surface area (Å²) in [4.78, 5) is 14.1. The van der Waals surface area contributed by atoms with Crippen molar-refractivity contribution in [3.63, 3.8) is 0 Å². The molecule has 0 spiro atoms. The average Bonchev–Trinajstić information content (AvgIpc) is 2.99. The van der Waals surface area contributed by atoms with Crippen LogP contribution in [0.3, 0.4) is 0 Å². The molecule has 4 rings (SSSR count). The van der Waals surface area contributed by atoms with Crippen LogP contribution in [0.25, 0.3) is 0 Å². The first kappa shape index (κ1) is 23.4. The van der Waals surface area contributed by atoms with Crippen LogP contribution in [-0.4, -0.2) is 48.4 Å². The summed E-state index contributed by atoms with van der Waals surface area (Å²) < 4.78 is 33.9. The number of benzene rings is 3. The Morgan fingerprint density at radius 3 is 1.79 bits per heavy atom. The molecule has 34 heavy (non-hydrogen) atoms. The van der Waals surface area contributed by atoms with Crippen LogP contribution in [0.5, 0.6) is 28.7 Å². The van der Waals surface area contributed by atoms with Crippen molar-refractivity contribution in [3.8, 4) is 28.7 Å². The maximum Gasteiger partial charge on any atom is 0.197 e. The number of ketones is 1. The lowest BCUT2D eigenvalue weighted by Crippen LogP contribution is -2.16. The summed E-state index contributed by atoms with van der Waals surface area (Å²) in [6.45, 7) is 0. The second kappa shape index (κ2) is 9.65. The van der Waals surface area contributed by atoms with Gasteiger partial charge in [0.2, 0.25) is 0 Å². The number of rotatable bonds is 7. The summed E-state index contributed by atoms with van der Waals surface area (Å²) in [6.07, 6.45) is -0.550. The Morgan fingerprint density at radius 1 is 0.647 bits per heavy atom. The van der Waals surface area contributed by atoms with Crippen LogP contribution in [0.2, 0.25) is 0 Å². The first-order valence-corrected chi connectivity index (χ1v) is 10.7. The van der Waals surface area contributed by atoms with E-state index in [1.54, 1.807) is 53.7 Å². The SMILES string of the molecule is COc1ccc([C@H]2c3cc(OC)cc(OC)c3C(=O)c3cc(OC)cc(OC)c3[C@@H]2OC)cc1. The Morgan fingerprint density at radius 2 is 1.24 bits per heavy atom. The summed E-state index contributed by atoms with van der Waals surface area (Å²) in [7, 11) is 9.49. The summed E-state index contributed by atoms with van der Waals surface area (Å²) in [6, 6.07) is 14.8. The van der Waals surface area contributed by atoms with E-state index in [0.29, 0.717) is 39.7 Å². The van der Waals surface area contributed by atoms with Crippen molar-refractivity contribution in [1.82, 2.24) is 0 Å². The molecule has 0 unspecified atom stereocenters. The van der Waals surface area contributed by atoms with Crippen molar-refractivity contribution in [2.75, 3.05) is 42.7 Å². The molecule has 0 bridgehead atoms. The van der Waals surface area contributed by atoms with E-state index in [9.17, 15) is 4.79 Å². The molecule has 2 atom stereocenters. The molecule has 0 saturated heterocycles. The van der Waals surface area contributed by atoms with Crippen molar-refractivity contribution in [1.29, 1.82) is 0 Å². The Hall–Kier alpha value is -3.71. The van der Waals surface area contributed by atoms with Crippen LogP contribution in [0.4, 0.5) is 0 Å². The standard InChI is InChI=1S/C27H28O7/c1-29-16-9-7-15(8-10-16)23-19-11-17(30-2)13-21(32-4)24(19)26(28)20-12-18(31-3)14-22(33-5)25(20)27(23)34-6/h7-14,23,27H,1-6H3/t23-,27+/m0/s1. The fourth-order valence-corrected chi connectivity index (χ4v) is 4.63. The molecule has 0 fully saturated rings. The predicted octanol–water partition coefficient (Wildman–Crippen LogP) is 4.79. The average molecular weight is 465 g/mol. The molecule has 0 amide bonds. The summed E-state index contributed by atoms with van der Waals surface area (Å²) in [5, 5.41) is 0. The molecule has 3 aromatic rings. The van der Waals surface area contributed by atoms with Crippen molar-refractivity contribution < 1.29 is 33.2 Å². The molecule has 1 aliphatic carbocycles. The highest BCUT2D eigenvalue weighted by Crippen LogP contribution is 2.51. The number of carbonyl (C=O) groups excluding carboxylic acids is 1. The second-order valence-electron chi connectivity index (χ2n) is 7.82. The molecule has 0 N–H and O–H groups in total. The maximum atomic E-state index is 14.1. The van der Waals surface area contributed by atoms with Gasteiger partial charge >= 0.3 is 0 Å². The Balaban J connectivity index is 2.12. The van der Waals surface area contributed by atoms with Crippen LogP contribution < -0.4 is 23.7 Å². The van der Waals surface area contributed by atoms with Gasteiger partial charge in [-0.15, -0.1) is 0 Å². The monoisotopic (exact) mass is 464 g/mol. The zero-order valence-corrected chi connectivity index (χ0v) is 20.1. The zero-order valence-electron chi connectivity index (χ0n) is 20.1. The molecule has 0 heterocycles. The first-order chi connectivity index (χ1) is 16.5. The quantitative estimate of drug-likeness (QED) is 0.498. The van der Waals surface area contributed by atoms with E-state index in [4.69, 9.17) is 28.4 Å². The van der Waals surface area contributed by atoms with Crippen LogP contribution in [0.1, 0.15) is 44.6 Å². The van der Waals surface area contributed by atoms with Gasteiger partial charge in [-0.1, -0.05) is 12.1 Å². The Labute approximate surface area is 199 Å². The van der Waals surface area contributed by atoms with E-state index in [1.807, 2.05) is 30.3 Å². The summed E-state index contributed by atoms with van der Waals surface area (Å²) in [5.74, 6) is 2.16. The molecule has 3 aromatic carbocycles. The van der Waals surface area contributed by atoms with Crippen LogP contribution in [0, 0.1) is 0 Å². The van der Waals surface area contributed by atoms with Crippen molar-refractivity contribution in [2.24, 2.45) is 0 Å². The van der Waals surface area contributed by atoms with E-state index in [2.05, 4.69) is 0 Å². The minimum absolute atomic E-state index is 0.209. The van der Waals surface area contributed by atoms with Gasteiger partial charge in [0.15, 0.2) is 5.78 Å². The Kier molecular flexibility index (Phi) is 6.65. The third-order valence-electron chi connectivity index (χ3n) is 6.26. The number of carbonyl (C=O) groups is 1. The molecular weight excluding hydrogens is 436 g/mol. The number of hydrogen-bond donors (Lipinski definition) is 0. The molecule has 0 saturated carbocycles. The zero-order chi connectivity index (χ0) is 24.4. The number of ether oxygens (including phenoxy) is 6. The highest BCUT2D eigenvalue weighted by atomic mass is 16.5. The van der Waals surface area contributed by atoms with Crippen LogP contribution in [-0.2, 0) is 4.74 Å². The summed E-state index contributed by atoms with van der Waals surface area (Å²) in [5.41, 5.74) is 3.19. The van der Waals surface area contributed by atoms with E-state index >= 15 is 0 Å². The lowest BCUT2D eigenvalue weighted by molar-refractivity contribution is 0.0862. The Bertz CT molecular complexity index is 1200. The third kappa shape index (κ3) is 3.82. The van der Waals surface area contributed by atoms with Gasteiger partial charge < -0.3 is 28.4 Å². The van der Waals surface area contributed by atoms with Crippen molar-refractivity contribution >= 4 is 5.78 Å². The van der Waals surface area contributed by atoms with Gasteiger partial charge in [0.1, 0.15) is 28.7 Å². The van der Waals surface area contributed by atoms with E-state index in [-0.39, 0.29) is 11.7 Å². The fraction of sp³-hybridized carbons (Fsp3) is 0.296. The molecule has 178 valence electrons. The van der Waals surface area contributed by atoms with Gasteiger partial charge in [-0.2, -0.15) is 0 Å². The normalized spacial score (nSPS) is 16.7. The number of methoxy groups -OCH3 is 6. The first-order valence-electron chi connectivity index (χ1n) is 10.7. The van der Waals surface area contributed by atoms with Gasteiger partial charge in [-0.25, -0.2) is 0 Å². The molecule has 7 nitrogen and oxygen atoms in total. The summed E-state index contributed by atoms with van der Waals surface area (Å²) >= 11 is 0. The van der Waals surface area contributed by atoms with E-state index in [0.717, 1.165) is 16.9 Å². The predicted molar refractivity (Wildman–Crippen MR) is 127 cm³/mol. The maximum absolute atomic E-state index is 14.1. The fourth-order valence-electron chi connectivity index (χ4n) is 4.63. The van der Waals surface area contributed by atoms with Gasteiger partial charge in [-0.05, 0) is 35.4 Å². The van der Waals surface area contributed by atoms with Crippen molar-refractivity contribution in [3.05, 3.63) is 76.3 Å². The topological polar surface area (TPSA) is 72.5 Å². The third-order valence-corrected chi connectivity index (χ3v) is 6.26. The highest BCUT2D eigenvalue weighted by Gasteiger charge is 2.40. The molecule has 0 radical (unpaired) electrons. The second-order valence-corrected chi connectivity index (χ2v) is 7.82. The van der Waals surface area contributed by atoms with Gasteiger partial charge in [-0.3, -0.25) is 4.79 Å². The van der Waals surface area contributed by atoms with Gasteiger partial charge in [0, 0.05) is 36.3 Å². The molecule has 0 aromatic heterocycles. The van der Waals surface area contributed by atoms with Crippen LogP contribution >= 0.6 is 0 Å². The lowest BCUT2D eigenvalue weighted by Gasteiger charge is -2.29. The largest absolute Gasteiger partial charge is 0.497 e. The van der Waals surface area contributed by atoms with E-state index < -0.39 is 6.10 Å². The number of fused-ring (bicyclic) bond motifs is 2. The molecule has 7 heteroatoms. The van der Waals surface area contributed by atoms with E-state index in [1.165, 1.54) is 7.11 Å². The van der Waals surface area contributed by atoms with Gasteiger partial charge in [0.25, 0.3) is 0 Å². The molecule has 1 aliphatic rings. The molecular formula is C27H28O7. The smallest absolute Gasteiger partial charge is 0.197 e. The van der Waals surface area contributed by atoms with Crippen molar-refractivity contribution in [2.45, 2.75) is 12.0 Å². The lowest BCUT2D eigenvalue weighted by atomic mass is 9.82. The van der Waals surface area contributed by atoms with Gasteiger partial charge in [0.05, 0.1) is 47.2 Å². The minimum atomic E-state index is -0.550. The van der Waals surface area contributed by atoms with Crippen LogP contribution in [0.15, 0.2) is 48.5 Å². The molecule has 0 aliphatic heterocycles. The number of hydrogen-bond acceptors (Lipinski definition) is 7.